The van der Waals surface area contributed by atoms with Gasteiger partial charge >= 0.3 is 5.97 Å². The summed E-state index contributed by atoms with van der Waals surface area (Å²) < 4.78 is 5.00. The van der Waals surface area contributed by atoms with Crippen molar-refractivity contribution in [1.82, 2.24) is 9.97 Å². The van der Waals surface area contributed by atoms with E-state index in [1.807, 2.05) is 42.5 Å². The molecule has 0 saturated heterocycles. The third kappa shape index (κ3) is 3.82. The zero-order chi connectivity index (χ0) is 20.4. The van der Waals surface area contributed by atoms with Crippen LogP contribution in [0.1, 0.15) is 28.7 Å². The number of hydrogen-bond donors (Lipinski definition) is 2. The lowest BCUT2D eigenvalue weighted by molar-refractivity contribution is 0.0526. The predicted octanol–water partition coefficient (Wildman–Crippen LogP) is 4.17. The van der Waals surface area contributed by atoms with Gasteiger partial charge in [-0.05, 0) is 66.6 Å². The SMILES string of the molecule is CCOC(=O)c1ccc(NCc2ccc3ccc4nc(C)[nH]c(=O)c4c3c2)cc1. The summed E-state index contributed by atoms with van der Waals surface area (Å²) in [5, 5.41) is 5.83. The Hall–Kier alpha value is -3.67. The molecule has 1 heterocycles. The molecule has 2 N–H and O–H groups in total. The summed E-state index contributed by atoms with van der Waals surface area (Å²) in [4.78, 5) is 31.5. The van der Waals surface area contributed by atoms with Crippen LogP contribution in [-0.4, -0.2) is 22.5 Å². The lowest BCUT2D eigenvalue weighted by Crippen LogP contribution is -2.10. The lowest BCUT2D eigenvalue weighted by Gasteiger charge is -2.10. The van der Waals surface area contributed by atoms with Crippen molar-refractivity contribution < 1.29 is 9.53 Å². The second kappa shape index (κ2) is 7.75. The first-order chi connectivity index (χ1) is 14.0. The molecule has 0 radical (unpaired) electrons. The number of benzene rings is 3. The minimum Gasteiger partial charge on any atom is -0.462 e. The monoisotopic (exact) mass is 387 g/mol. The van der Waals surface area contributed by atoms with Crippen LogP contribution < -0.4 is 10.9 Å². The van der Waals surface area contributed by atoms with Gasteiger partial charge in [0.25, 0.3) is 5.56 Å². The van der Waals surface area contributed by atoms with Crippen molar-refractivity contribution in [3.05, 3.63) is 81.9 Å². The standard InChI is InChI=1S/C23H21N3O3/c1-3-29-23(28)17-6-9-18(10-7-17)24-13-15-4-5-16-8-11-20-21(19(16)12-15)22(27)26-14(2)25-20/h4-12,24H,3,13H2,1-2H3,(H,25,26,27). The van der Waals surface area contributed by atoms with E-state index < -0.39 is 0 Å². The van der Waals surface area contributed by atoms with E-state index in [9.17, 15) is 9.59 Å². The van der Waals surface area contributed by atoms with Crippen molar-refractivity contribution >= 4 is 33.3 Å². The molecule has 4 rings (SSSR count). The van der Waals surface area contributed by atoms with Crippen molar-refractivity contribution in [2.24, 2.45) is 0 Å². The molecule has 0 unspecified atom stereocenters. The van der Waals surface area contributed by atoms with Gasteiger partial charge in [0.2, 0.25) is 0 Å². The van der Waals surface area contributed by atoms with E-state index in [0.717, 1.165) is 22.0 Å². The van der Waals surface area contributed by atoms with Crippen LogP contribution in [0.4, 0.5) is 5.69 Å². The fraction of sp³-hybridized carbons (Fsp3) is 0.174. The molecule has 3 aromatic carbocycles. The van der Waals surface area contributed by atoms with Crippen LogP contribution in [0.25, 0.3) is 21.7 Å². The Labute approximate surface area is 167 Å². The van der Waals surface area contributed by atoms with Gasteiger partial charge in [0.05, 0.1) is 23.1 Å². The summed E-state index contributed by atoms with van der Waals surface area (Å²) in [5.41, 5.74) is 3.03. The summed E-state index contributed by atoms with van der Waals surface area (Å²) in [6.07, 6.45) is 0. The third-order valence-electron chi connectivity index (χ3n) is 4.77. The molecule has 146 valence electrons. The zero-order valence-corrected chi connectivity index (χ0v) is 16.3. The van der Waals surface area contributed by atoms with Gasteiger partial charge in [-0.1, -0.05) is 18.2 Å². The van der Waals surface area contributed by atoms with Crippen molar-refractivity contribution in [1.29, 1.82) is 0 Å². The average molecular weight is 387 g/mol. The lowest BCUT2D eigenvalue weighted by atomic mass is 10.0. The highest BCUT2D eigenvalue weighted by Crippen LogP contribution is 2.23. The summed E-state index contributed by atoms with van der Waals surface area (Å²) in [6.45, 7) is 4.50. The first kappa shape index (κ1) is 18.7. The Kier molecular flexibility index (Phi) is 4.99. The maximum Gasteiger partial charge on any atom is 0.338 e. The van der Waals surface area contributed by atoms with E-state index in [0.29, 0.717) is 35.4 Å². The summed E-state index contributed by atoms with van der Waals surface area (Å²) >= 11 is 0. The highest BCUT2D eigenvalue weighted by molar-refractivity contribution is 6.05. The van der Waals surface area contributed by atoms with Crippen LogP contribution >= 0.6 is 0 Å². The average Bonchev–Trinajstić information content (AvgIpc) is 2.72. The fourth-order valence-electron chi connectivity index (χ4n) is 3.38. The Balaban J connectivity index is 1.59. The molecule has 0 aliphatic rings. The Morgan fingerprint density at radius 2 is 1.86 bits per heavy atom. The molecule has 0 amide bonds. The minimum absolute atomic E-state index is 0.127. The number of esters is 1. The number of aromatic amines is 1. The second-order valence-electron chi connectivity index (χ2n) is 6.82. The number of fused-ring (bicyclic) bond motifs is 3. The van der Waals surface area contributed by atoms with Crippen LogP contribution in [-0.2, 0) is 11.3 Å². The van der Waals surface area contributed by atoms with E-state index in [4.69, 9.17) is 4.74 Å². The van der Waals surface area contributed by atoms with Crippen LogP contribution in [0.5, 0.6) is 0 Å². The number of nitrogens with one attached hydrogen (secondary N) is 2. The molecule has 6 nitrogen and oxygen atoms in total. The van der Waals surface area contributed by atoms with Gasteiger partial charge in [0.1, 0.15) is 5.82 Å². The van der Waals surface area contributed by atoms with Crippen LogP contribution in [0.15, 0.2) is 59.4 Å². The first-order valence-corrected chi connectivity index (χ1v) is 9.48. The summed E-state index contributed by atoms with van der Waals surface area (Å²) in [6, 6.07) is 17.1. The van der Waals surface area contributed by atoms with Gasteiger partial charge in [0, 0.05) is 12.2 Å². The van der Waals surface area contributed by atoms with Gasteiger partial charge < -0.3 is 15.0 Å². The number of H-pyrrole nitrogens is 1. The zero-order valence-electron chi connectivity index (χ0n) is 16.3. The fourth-order valence-corrected chi connectivity index (χ4v) is 3.38. The summed E-state index contributed by atoms with van der Waals surface area (Å²) in [5.74, 6) is 0.278. The normalized spacial score (nSPS) is 11.0. The van der Waals surface area contributed by atoms with Crippen molar-refractivity contribution in [2.45, 2.75) is 20.4 Å². The topological polar surface area (TPSA) is 84.1 Å². The smallest absolute Gasteiger partial charge is 0.338 e. The van der Waals surface area contributed by atoms with Gasteiger partial charge in [-0.25, -0.2) is 9.78 Å². The van der Waals surface area contributed by atoms with Gasteiger partial charge in [-0.2, -0.15) is 0 Å². The van der Waals surface area contributed by atoms with E-state index in [1.54, 1.807) is 26.0 Å². The molecule has 0 atom stereocenters. The number of nitrogens with zero attached hydrogens (tertiary/aromatic N) is 1. The van der Waals surface area contributed by atoms with Crippen molar-refractivity contribution in [2.75, 3.05) is 11.9 Å². The minimum atomic E-state index is -0.325. The van der Waals surface area contributed by atoms with Crippen LogP contribution in [0, 0.1) is 6.92 Å². The van der Waals surface area contributed by atoms with Crippen LogP contribution in [0.3, 0.4) is 0 Å². The predicted molar refractivity (Wildman–Crippen MR) is 114 cm³/mol. The Bertz CT molecular complexity index is 1260. The number of carbonyl (C=O) groups excluding carboxylic acids is 1. The maximum atomic E-state index is 12.5. The molecule has 0 saturated carbocycles. The van der Waals surface area contributed by atoms with E-state index in [-0.39, 0.29) is 11.5 Å². The summed E-state index contributed by atoms with van der Waals surface area (Å²) in [7, 11) is 0. The van der Waals surface area contributed by atoms with E-state index in [2.05, 4.69) is 15.3 Å². The van der Waals surface area contributed by atoms with Gasteiger partial charge in [-0.3, -0.25) is 4.79 Å². The molecule has 0 aliphatic heterocycles. The largest absolute Gasteiger partial charge is 0.462 e. The molecule has 0 bridgehead atoms. The molecule has 0 fully saturated rings. The van der Waals surface area contributed by atoms with Crippen LogP contribution in [0.2, 0.25) is 0 Å². The molecule has 29 heavy (non-hydrogen) atoms. The molecule has 4 aromatic rings. The molecule has 0 aliphatic carbocycles. The number of anilines is 1. The van der Waals surface area contributed by atoms with E-state index >= 15 is 0 Å². The number of hydrogen-bond acceptors (Lipinski definition) is 5. The molecular weight excluding hydrogens is 366 g/mol. The van der Waals surface area contributed by atoms with E-state index in [1.165, 1.54) is 0 Å². The number of rotatable bonds is 5. The number of ether oxygens (including phenoxy) is 1. The third-order valence-corrected chi connectivity index (χ3v) is 4.77. The highest BCUT2D eigenvalue weighted by Gasteiger charge is 2.08. The number of carbonyl (C=O) groups is 1. The second-order valence-corrected chi connectivity index (χ2v) is 6.82. The first-order valence-electron chi connectivity index (χ1n) is 9.48. The van der Waals surface area contributed by atoms with Crippen molar-refractivity contribution in [3.63, 3.8) is 0 Å². The Morgan fingerprint density at radius 3 is 2.62 bits per heavy atom. The van der Waals surface area contributed by atoms with Gasteiger partial charge in [0.15, 0.2) is 0 Å². The molecular formula is C23H21N3O3. The quantitative estimate of drug-likeness (QED) is 0.397. The number of aryl methyl sites for hydroxylation is 1. The Morgan fingerprint density at radius 1 is 1.10 bits per heavy atom. The molecule has 6 heteroatoms. The highest BCUT2D eigenvalue weighted by atomic mass is 16.5. The maximum absolute atomic E-state index is 12.5. The van der Waals surface area contributed by atoms with Crippen molar-refractivity contribution in [3.8, 4) is 0 Å². The molecule has 1 aromatic heterocycles. The van der Waals surface area contributed by atoms with Gasteiger partial charge in [-0.15, -0.1) is 0 Å². The number of aromatic nitrogens is 2. The molecule has 0 spiro atoms.